The average molecular weight is 257 g/mol. The molecule has 0 fully saturated rings. The Hall–Kier alpha value is -1.80. The Morgan fingerprint density at radius 3 is 2.89 bits per heavy atom. The minimum Gasteiger partial charge on any atom is -0.396 e. The van der Waals surface area contributed by atoms with Gasteiger partial charge in [-0.25, -0.2) is 0 Å². The Balaban J connectivity index is 2.40. The second-order valence-electron chi connectivity index (χ2n) is 3.63. The van der Waals surface area contributed by atoms with Crippen molar-refractivity contribution in [3.63, 3.8) is 0 Å². The van der Waals surface area contributed by atoms with Gasteiger partial charge in [0.05, 0.1) is 6.34 Å². The Labute approximate surface area is 109 Å². The summed E-state index contributed by atoms with van der Waals surface area (Å²) in [6, 6.07) is -1.17. The van der Waals surface area contributed by atoms with E-state index in [4.69, 9.17) is 21.4 Å². The van der Waals surface area contributed by atoms with Gasteiger partial charge in [0, 0.05) is 31.1 Å². The lowest BCUT2D eigenvalue weighted by Crippen LogP contribution is -2.40. The molecule has 0 aromatic carbocycles. The number of amidine groups is 1. The van der Waals surface area contributed by atoms with Crippen molar-refractivity contribution < 1.29 is 20.5 Å². The van der Waals surface area contributed by atoms with E-state index in [9.17, 15) is 4.79 Å². The predicted octanol–water partition coefficient (Wildman–Crippen LogP) is -2.06. The zero-order valence-corrected chi connectivity index (χ0v) is 9.32. The number of aliphatic hydroxyl groups is 2. The lowest BCUT2D eigenvalue weighted by atomic mass is 10.1. The average Bonchev–Trinajstić information content (AvgIpc) is 2.84. The second kappa shape index (κ2) is 5.23. The monoisotopic (exact) mass is 257 g/mol. The van der Waals surface area contributed by atoms with Crippen molar-refractivity contribution in [2.75, 3.05) is 19.7 Å². The highest BCUT2D eigenvalue weighted by Crippen LogP contribution is 2.15. The molecule has 8 nitrogen and oxygen atoms in total. The summed E-state index contributed by atoms with van der Waals surface area (Å²) >= 11 is 0. The quantitative estimate of drug-likeness (QED) is 0.522. The second-order valence-corrected chi connectivity index (χ2v) is 3.63. The number of rotatable bonds is 5. The molecule has 0 saturated carbocycles. The first-order valence-electron chi connectivity index (χ1n) is 7.17. The van der Waals surface area contributed by atoms with E-state index < -0.39 is 44.0 Å². The van der Waals surface area contributed by atoms with Gasteiger partial charge in [0.2, 0.25) is 5.96 Å². The number of carbonyl (C=O) groups excluding carboxylic acids is 1. The molecule has 0 radical (unpaired) electrons. The van der Waals surface area contributed by atoms with Crippen molar-refractivity contribution in [2.45, 2.75) is 12.4 Å². The normalized spacial score (nSPS) is 27.2. The number of carbonyl (C=O) groups is 1. The highest BCUT2D eigenvalue weighted by molar-refractivity contribution is 6.21. The van der Waals surface area contributed by atoms with E-state index >= 15 is 0 Å². The van der Waals surface area contributed by atoms with Gasteiger partial charge < -0.3 is 20.8 Å². The first-order valence-corrected chi connectivity index (χ1v) is 5.17. The van der Waals surface area contributed by atoms with Crippen LogP contribution in [-0.2, 0) is 4.79 Å². The van der Waals surface area contributed by atoms with E-state index in [1.807, 2.05) is 0 Å². The van der Waals surface area contributed by atoms with Gasteiger partial charge in [-0.1, -0.05) is 0 Å². The van der Waals surface area contributed by atoms with Gasteiger partial charge in [-0.3, -0.25) is 9.79 Å². The Morgan fingerprint density at radius 1 is 1.50 bits per heavy atom. The van der Waals surface area contributed by atoms with Crippen molar-refractivity contribution >= 4 is 24.0 Å². The van der Waals surface area contributed by atoms with Crippen molar-refractivity contribution in [1.29, 1.82) is 0 Å². The van der Waals surface area contributed by atoms with E-state index in [0.717, 1.165) is 11.2 Å². The van der Waals surface area contributed by atoms with E-state index in [2.05, 4.69) is 15.0 Å². The van der Waals surface area contributed by atoms with Gasteiger partial charge in [0.1, 0.15) is 5.84 Å². The molecule has 1 atom stereocenters. The number of hydrogen-bond acceptors (Lipinski definition) is 7. The minimum atomic E-state index is -2.74. The summed E-state index contributed by atoms with van der Waals surface area (Å²) in [7, 11) is 0. The predicted molar refractivity (Wildman–Crippen MR) is 65.3 cm³/mol. The maximum Gasteiger partial charge on any atom is 0.281 e. The molecule has 0 aliphatic carbocycles. The zero-order chi connectivity index (χ0) is 16.7. The third kappa shape index (κ3) is 2.39. The molecule has 1 amide bonds. The van der Waals surface area contributed by atoms with Gasteiger partial charge in [-0.15, -0.1) is 0 Å². The van der Waals surface area contributed by atoms with E-state index in [0.29, 0.717) is 0 Å². The van der Waals surface area contributed by atoms with Crippen LogP contribution in [0, 0.1) is 5.92 Å². The number of hydrogen-bond donors (Lipinski definition) is 3. The molecule has 2 aliphatic rings. The molecule has 0 spiro atoms. The van der Waals surface area contributed by atoms with Crippen LogP contribution >= 0.6 is 0 Å². The molecule has 0 aromatic rings. The largest absolute Gasteiger partial charge is 0.396 e. The highest BCUT2D eigenvalue weighted by atomic mass is 16.3. The van der Waals surface area contributed by atoms with Crippen molar-refractivity contribution in [2.24, 2.45) is 26.6 Å². The number of nitrogens with two attached hydrogens (primary N) is 1. The van der Waals surface area contributed by atoms with E-state index in [1.54, 1.807) is 0 Å². The third-order valence-corrected chi connectivity index (χ3v) is 2.34. The Kier molecular flexibility index (Phi) is 2.42. The van der Waals surface area contributed by atoms with Gasteiger partial charge in [-0.05, 0) is 6.37 Å². The van der Waals surface area contributed by atoms with Gasteiger partial charge in [0.25, 0.3) is 5.91 Å². The standard InChI is InChI=1S/C10H15N5O3/c11-10-13-8-7(9(18)14-10)12-5-15(8)2-1-6(3-16)4-17/h5-7,16-17H,1-4H2,(H2,11,14,18)/i1D2,2D2. The molecule has 8 heteroatoms. The van der Waals surface area contributed by atoms with Crippen molar-refractivity contribution in [3.05, 3.63) is 0 Å². The molecule has 2 rings (SSSR count). The summed E-state index contributed by atoms with van der Waals surface area (Å²) in [4.78, 5) is 23.3. The number of guanidine groups is 1. The molecule has 0 aromatic heterocycles. The molecule has 0 saturated heterocycles. The zero-order valence-electron chi connectivity index (χ0n) is 13.3. The Morgan fingerprint density at radius 2 is 2.22 bits per heavy atom. The summed E-state index contributed by atoms with van der Waals surface area (Å²) in [6.45, 7) is -4.25. The molecule has 1 unspecified atom stereocenters. The summed E-state index contributed by atoms with van der Waals surface area (Å²) in [5.41, 5.74) is 5.37. The number of aliphatic imine (C=N–C) groups is 3. The molecule has 98 valence electrons. The van der Waals surface area contributed by atoms with Crippen LogP contribution in [0.25, 0.3) is 0 Å². The van der Waals surface area contributed by atoms with Crippen LogP contribution in [0.4, 0.5) is 0 Å². The van der Waals surface area contributed by atoms with Crippen LogP contribution < -0.4 is 5.73 Å². The highest BCUT2D eigenvalue weighted by Gasteiger charge is 2.35. The van der Waals surface area contributed by atoms with Crippen LogP contribution in [-0.4, -0.2) is 64.9 Å². The minimum absolute atomic E-state index is 0.180. The maximum absolute atomic E-state index is 11.7. The molecule has 2 heterocycles. The SMILES string of the molecule is [2H]C([2H])(C(CO)CO)C([2H])([2H])N1C=NC2C(=O)N=C(N)N=C21. The summed E-state index contributed by atoms with van der Waals surface area (Å²) in [5.74, 6) is -2.65. The fourth-order valence-corrected chi connectivity index (χ4v) is 1.39. The smallest absolute Gasteiger partial charge is 0.281 e. The van der Waals surface area contributed by atoms with E-state index in [-0.39, 0.29) is 11.8 Å². The molecule has 18 heavy (non-hydrogen) atoms. The topological polar surface area (TPSA) is 124 Å². The van der Waals surface area contributed by atoms with Crippen LogP contribution in [0.15, 0.2) is 15.0 Å². The van der Waals surface area contributed by atoms with Gasteiger partial charge in [-0.2, -0.15) is 9.98 Å². The molecule has 4 N–H and O–H groups in total. The van der Waals surface area contributed by atoms with E-state index in [1.165, 1.54) is 0 Å². The third-order valence-electron chi connectivity index (χ3n) is 2.34. The van der Waals surface area contributed by atoms with Crippen molar-refractivity contribution in [3.8, 4) is 0 Å². The summed E-state index contributed by atoms with van der Waals surface area (Å²) in [6.07, 6.45) is -1.72. The van der Waals surface area contributed by atoms with Gasteiger partial charge in [0.15, 0.2) is 6.04 Å². The van der Waals surface area contributed by atoms with Crippen LogP contribution in [0.2, 0.25) is 0 Å². The van der Waals surface area contributed by atoms with Gasteiger partial charge >= 0.3 is 0 Å². The number of amides is 1. The lowest BCUT2D eigenvalue weighted by molar-refractivity contribution is -0.117. The maximum atomic E-state index is 11.7. The summed E-state index contributed by atoms with van der Waals surface area (Å²) in [5, 5.41) is 18.3. The fourth-order valence-electron chi connectivity index (χ4n) is 1.39. The molecular formula is C10H15N5O3. The Bertz CT molecular complexity index is 573. The van der Waals surface area contributed by atoms with Crippen LogP contribution in [0.3, 0.4) is 0 Å². The number of fused-ring (bicyclic) bond motifs is 1. The number of nitrogens with zero attached hydrogens (tertiary/aromatic N) is 4. The molecular weight excluding hydrogens is 238 g/mol. The van der Waals surface area contributed by atoms with Crippen LogP contribution in [0.5, 0.6) is 0 Å². The molecule has 2 aliphatic heterocycles. The molecule has 0 bridgehead atoms. The number of aliphatic hydroxyl groups excluding tert-OH is 2. The lowest BCUT2D eigenvalue weighted by Gasteiger charge is -2.21. The van der Waals surface area contributed by atoms with Crippen molar-refractivity contribution in [1.82, 2.24) is 4.90 Å². The van der Waals surface area contributed by atoms with Crippen LogP contribution in [0.1, 0.15) is 11.9 Å². The summed E-state index contributed by atoms with van der Waals surface area (Å²) < 4.78 is 31.9. The fraction of sp³-hybridized carbons (Fsp3) is 0.600. The first kappa shape index (κ1) is 8.33. The first-order chi connectivity index (χ1) is 10.2.